The Balaban J connectivity index is 1.34. The molecule has 1 fully saturated rings. The second kappa shape index (κ2) is 7.16. The number of nitrogens with one attached hydrogen (secondary N) is 1. The minimum atomic E-state index is -4.15. The molecule has 12 heteroatoms. The van der Waals surface area contributed by atoms with Gasteiger partial charge in [-0.05, 0) is 25.2 Å². The lowest BCUT2D eigenvalue weighted by molar-refractivity contribution is -0.205. The topological polar surface area (TPSA) is 97.9 Å². The van der Waals surface area contributed by atoms with Crippen LogP contribution in [0.4, 0.5) is 19.0 Å². The number of amides is 2. The Bertz CT molecular complexity index is 916. The number of rotatable bonds is 4. The van der Waals surface area contributed by atoms with Crippen molar-refractivity contribution in [2.24, 2.45) is 11.8 Å². The highest BCUT2D eigenvalue weighted by Gasteiger charge is 2.47. The summed E-state index contributed by atoms with van der Waals surface area (Å²) in [7, 11) is 1.61. The van der Waals surface area contributed by atoms with E-state index in [-0.39, 0.29) is 37.0 Å². The van der Waals surface area contributed by atoms with E-state index in [1.807, 2.05) is 0 Å². The van der Waals surface area contributed by atoms with E-state index >= 15 is 0 Å². The van der Waals surface area contributed by atoms with Gasteiger partial charge in [-0.25, -0.2) is 9.67 Å². The van der Waals surface area contributed by atoms with Crippen molar-refractivity contribution in [1.29, 1.82) is 0 Å². The van der Waals surface area contributed by atoms with E-state index in [9.17, 15) is 22.8 Å². The molecule has 2 aliphatic rings. The third-order valence-corrected chi connectivity index (χ3v) is 5.48. The van der Waals surface area contributed by atoms with Crippen LogP contribution in [0.5, 0.6) is 0 Å². The summed E-state index contributed by atoms with van der Waals surface area (Å²) in [5.41, 5.74) is 0. The molecular formula is C17H20F3N7O2. The number of carbonyl (C=O) groups excluding carboxylic acids is 2. The maximum Gasteiger partial charge on any atom is 0.391 e. The highest BCUT2D eigenvalue weighted by atomic mass is 19.4. The van der Waals surface area contributed by atoms with Gasteiger partial charge in [0, 0.05) is 26.2 Å². The van der Waals surface area contributed by atoms with Crippen molar-refractivity contribution in [3.8, 4) is 0 Å². The van der Waals surface area contributed by atoms with Crippen molar-refractivity contribution in [1.82, 2.24) is 29.9 Å². The fourth-order valence-corrected chi connectivity index (χ4v) is 3.76. The SMILES string of the molecule is CN1C(=O)C(NC(=O)c2ncn(CC3CC(C(F)(F)F)C3)n2)CCn2nccc21. The van der Waals surface area contributed by atoms with Crippen molar-refractivity contribution in [3.63, 3.8) is 0 Å². The van der Waals surface area contributed by atoms with Gasteiger partial charge >= 0.3 is 6.18 Å². The number of carbonyl (C=O) groups is 2. The molecule has 29 heavy (non-hydrogen) atoms. The van der Waals surface area contributed by atoms with Crippen LogP contribution in [0.3, 0.4) is 0 Å². The molecule has 3 heterocycles. The van der Waals surface area contributed by atoms with Gasteiger partial charge in [0.15, 0.2) is 0 Å². The number of fused-ring (bicyclic) bond motifs is 1. The molecule has 1 atom stereocenters. The quantitative estimate of drug-likeness (QED) is 0.816. The maximum atomic E-state index is 12.6. The van der Waals surface area contributed by atoms with Crippen LogP contribution in [0, 0.1) is 11.8 Å². The summed E-state index contributed by atoms with van der Waals surface area (Å²) in [6.45, 7) is 0.742. The van der Waals surface area contributed by atoms with Gasteiger partial charge in [0.05, 0.1) is 12.1 Å². The van der Waals surface area contributed by atoms with Crippen LogP contribution < -0.4 is 10.2 Å². The molecule has 0 radical (unpaired) electrons. The Hall–Kier alpha value is -2.92. The number of hydrogen-bond acceptors (Lipinski definition) is 5. The first-order valence-electron chi connectivity index (χ1n) is 9.29. The number of nitrogens with zero attached hydrogens (tertiary/aromatic N) is 6. The second-order valence-corrected chi connectivity index (χ2v) is 7.49. The van der Waals surface area contributed by atoms with Gasteiger partial charge in [-0.1, -0.05) is 0 Å². The minimum absolute atomic E-state index is 0.0582. The molecule has 1 aliphatic carbocycles. The average Bonchev–Trinajstić information content (AvgIpc) is 3.26. The molecule has 1 unspecified atom stereocenters. The summed E-state index contributed by atoms with van der Waals surface area (Å²) in [6, 6.07) is 0.968. The number of aromatic nitrogens is 5. The molecule has 0 spiro atoms. The summed E-state index contributed by atoms with van der Waals surface area (Å²) < 4.78 is 40.8. The van der Waals surface area contributed by atoms with Crippen molar-refractivity contribution < 1.29 is 22.8 Å². The van der Waals surface area contributed by atoms with Crippen LogP contribution in [0.1, 0.15) is 29.9 Å². The molecule has 2 amide bonds. The normalized spacial score (nSPS) is 24.6. The highest BCUT2D eigenvalue weighted by Crippen LogP contribution is 2.45. The summed E-state index contributed by atoms with van der Waals surface area (Å²) in [5.74, 6) is -1.74. The van der Waals surface area contributed by atoms with Gasteiger partial charge in [-0.15, -0.1) is 5.10 Å². The van der Waals surface area contributed by atoms with Crippen LogP contribution in [-0.4, -0.2) is 55.6 Å². The van der Waals surface area contributed by atoms with Gasteiger partial charge in [-0.3, -0.25) is 19.2 Å². The maximum absolute atomic E-state index is 12.6. The molecule has 1 aliphatic heterocycles. The van der Waals surface area contributed by atoms with Crippen molar-refractivity contribution >= 4 is 17.6 Å². The molecule has 4 rings (SSSR count). The first-order chi connectivity index (χ1) is 13.7. The summed E-state index contributed by atoms with van der Waals surface area (Å²) in [4.78, 5) is 30.4. The van der Waals surface area contributed by atoms with Crippen LogP contribution in [0.25, 0.3) is 0 Å². The summed E-state index contributed by atoms with van der Waals surface area (Å²) in [6.07, 6.45) is -0.741. The summed E-state index contributed by atoms with van der Waals surface area (Å²) in [5, 5.41) is 10.8. The predicted octanol–water partition coefficient (Wildman–Crippen LogP) is 1.23. The lowest BCUT2D eigenvalue weighted by atomic mass is 9.74. The summed E-state index contributed by atoms with van der Waals surface area (Å²) >= 11 is 0. The van der Waals surface area contributed by atoms with E-state index in [2.05, 4.69) is 20.5 Å². The third kappa shape index (κ3) is 3.83. The first kappa shape index (κ1) is 19.4. The molecule has 0 bridgehead atoms. The van der Waals surface area contributed by atoms with E-state index in [4.69, 9.17) is 0 Å². The smallest absolute Gasteiger partial charge is 0.337 e. The fraction of sp³-hybridized carbons (Fsp3) is 0.588. The monoisotopic (exact) mass is 411 g/mol. The molecule has 9 nitrogen and oxygen atoms in total. The molecule has 2 aromatic rings. The number of likely N-dealkylation sites (N-methyl/N-ethyl adjacent to an activating group) is 1. The third-order valence-electron chi connectivity index (χ3n) is 5.48. The Morgan fingerprint density at radius 2 is 2.10 bits per heavy atom. The zero-order chi connectivity index (χ0) is 20.8. The molecule has 0 aromatic carbocycles. The fourth-order valence-electron chi connectivity index (χ4n) is 3.76. The van der Waals surface area contributed by atoms with Crippen molar-refractivity contribution in [2.75, 3.05) is 11.9 Å². The predicted molar refractivity (Wildman–Crippen MR) is 93.8 cm³/mol. The number of alkyl halides is 3. The minimum Gasteiger partial charge on any atom is -0.337 e. The Morgan fingerprint density at radius 1 is 1.34 bits per heavy atom. The van der Waals surface area contributed by atoms with Gasteiger partial charge < -0.3 is 5.32 Å². The van der Waals surface area contributed by atoms with E-state index in [0.29, 0.717) is 18.8 Å². The molecule has 0 saturated heterocycles. The Kier molecular flexibility index (Phi) is 4.79. The lowest BCUT2D eigenvalue weighted by Gasteiger charge is -2.36. The first-order valence-corrected chi connectivity index (χ1v) is 9.29. The Labute approximate surface area is 163 Å². The second-order valence-electron chi connectivity index (χ2n) is 7.49. The zero-order valence-corrected chi connectivity index (χ0v) is 15.6. The highest BCUT2D eigenvalue weighted by molar-refractivity contribution is 6.00. The number of anilines is 1. The largest absolute Gasteiger partial charge is 0.391 e. The van der Waals surface area contributed by atoms with E-state index < -0.39 is 24.0 Å². The molecule has 1 saturated carbocycles. The van der Waals surface area contributed by atoms with E-state index in [1.54, 1.807) is 24.0 Å². The Morgan fingerprint density at radius 3 is 2.83 bits per heavy atom. The standard InChI is InChI=1S/C17H20F3N7O2/c1-25-13-2-4-22-27(13)5-3-12(16(25)29)23-15(28)14-21-9-26(24-14)8-10-6-11(7-10)17(18,19)20/h2,4,9-12H,3,5-8H2,1H3,(H,23,28). The van der Waals surface area contributed by atoms with Gasteiger partial charge in [0.2, 0.25) is 5.82 Å². The molecule has 2 aromatic heterocycles. The average molecular weight is 411 g/mol. The van der Waals surface area contributed by atoms with Gasteiger partial charge in [-0.2, -0.15) is 18.3 Å². The van der Waals surface area contributed by atoms with Crippen molar-refractivity contribution in [3.05, 3.63) is 24.4 Å². The van der Waals surface area contributed by atoms with E-state index in [0.717, 1.165) is 0 Å². The van der Waals surface area contributed by atoms with Gasteiger partial charge in [0.1, 0.15) is 18.2 Å². The van der Waals surface area contributed by atoms with Gasteiger partial charge in [0.25, 0.3) is 11.8 Å². The van der Waals surface area contributed by atoms with E-state index in [1.165, 1.54) is 15.9 Å². The number of hydrogen-bond donors (Lipinski definition) is 1. The molecular weight excluding hydrogens is 391 g/mol. The van der Waals surface area contributed by atoms with Crippen LogP contribution >= 0.6 is 0 Å². The number of aryl methyl sites for hydroxylation is 1. The van der Waals surface area contributed by atoms with Crippen molar-refractivity contribution in [2.45, 2.75) is 44.6 Å². The van der Waals surface area contributed by atoms with Crippen LogP contribution in [-0.2, 0) is 17.9 Å². The zero-order valence-electron chi connectivity index (χ0n) is 15.6. The number of halogens is 3. The van der Waals surface area contributed by atoms with Crippen LogP contribution in [0.15, 0.2) is 18.6 Å². The lowest BCUT2D eigenvalue weighted by Crippen LogP contribution is -2.47. The molecule has 1 N–H and O–H groups in total. The van der Waals surface area contributed by atoms with Crippen LogP contribution in [0.2, 0.25) is 0 Å². The molecule has 156 valence electrons.